The Balaban J connectivity index is 1.61. The van der Waals surface area contributed by atoms with Gasteiger partial charge in [-0.25, -0.2) is 9.50 Å². The maximum absolute atomic E-state index is 12.3. The van der Waals surface area contributed by atoms with E-state index >= 15 is 0 Å². The zero-order valence-electron chi connectivity index (χ0n) is 15.5. The van der Waals surface area contributed by atoms with Crippen molar-refractivity contribution in [1.82, 2.24) is 24.9 Å². The minimum absolute atomic E-state index is 0.0710. The number of aryl methyl sites for hydroxylation is 2. The molecule has 0 saturated carbocycles. The van der Waals surface area contributed by atoms with Crippen LogP contribution >= 0.6 is 11.8 Å². The molecule has 2 aromatic heterocycles. The van der Waals surface area contributed by atoms with Crippen molar-refractivity contribution in [1.29, 1.82) is 0 Å². The predicted octanol–water partition coefficient (Wildman–Crippen LogP) is 2.15. The number of hydrogen-bond donors (Lipinski definition) is 1. The van der Waals surface area contributed by atoms with E-state index in [9.17, 15) is 9.59 Å². The van der Waals surface area contributed by atoms with E-state index in [1.165, 1.54) is 18.7 Å². The van der Waals surface area contributed by atoms with Crippen molar-refractivity contribution in [3.8, 4) is 0 Å². The smallest absolute Gasteiger partial charge is 0.253 e. The molecule has 140 valence electrons. The maximum Gasteiger partial charge on any atom is 0.253 e. The summed E-state index contributed by atoms with van der Waals surface area (Å²) in [6.07, 6.45) is 0.474. The molecule has 0 saturated heterocycles. The van der Waals surface area contributed by atoms with Crippen LogP contribution in [0.1, 0.15) is 23.9 Å². The van der Waals surface area contributed by atoms with E-state index < -0.39 is 6.04 Å². The van der Waals surface area contributed by atoms with Crippen molar-refractivity contribution in [3.63, 3.8) is 0 Å². The van der Waals surface area contributed by atoms with Gasteiger partial charge in [-0.2, -0.15) is 4.98 Å². The van der Waals surface area contributed by atoms with Crippen molar-refractivity contribution in [2.45, 2.75) is 38.4 Å². The van der Waals surface area contributed by atoms with Gasteiger partial charge in [-0.3, -0.25) is 9.59 Å². The molecule has 2 heterocycles. The second-order valence-corrected chi connectivity index (χ2v) is 7.30. The quantitative estimate of drug-likeness (QED) is 0.629. The number of carbonyl (C=O) groups excluding carboxylic acids is 2. The SMILES string of the molecule is CC(=O)[C@H](Cc1ccccc1)NC(=O)CSc1nc2nc(C)cc(C)n2n1. The van der Waals surface area contributed by atoms with Gasteiger partial charge in [-0.15, -0.1) is 5.10 Å². The highest BCUT2D eigenvalue weighted by molar-refractivity contribution is 7.99. The standard InChI is InChI=1S/C19H21N5O2S/c1-12-9-13(2)24-18(20-12)22-19(23-24)27-11-17(26)21-16(14(3)25)10-15-7-5-4-6-8-15/h4-9,16H,10-11H2,1-3H3,(H,21,26)/t16-/m0/s1. The van der Waals surface area contributed by atoms with E-state index in [0.29, 0.717) is 17.4 Å². The molecule has 1 N–H and O–H groups in total. The first-order chi connectivity index (χ1) is 12.9. The Morgan fingerprint density at radius 2 is 1.93 bits per heavy atom. The number of nitrogens with one attached hydrogen (secondary N) is 1. The number of amides is 1. The van der Waals surface area contributed by atoms with Gasteiger partial charge < -0.3 is 5.32 Å². The van der Waals surface area contributed by atoms with Crippen molar-refractivity contribution in [3.05, 3.63) is 53.3 Å². The van der Waals surface area contributed by atoms with Crippen LogP contribution in [0.25, 0.3) is 5.78 Å². The largest absolute Gasteiger partial charge is 0.345 e. The molecule has 0 spiro atoms. The van der Waals surface area contributed by atoms with E-state index in [2.05, 4.69) is 20.4 Å². The summed E-state index contributed by atoms with van der Waals surface area (Å²) in [5.74, 6) is 0.350. The topological polar surface area (TPSA) is 89.2 Å². The number of benzene rings is 1. The fraction of sp³-hybridized carbons (Fsp3) is 0.316. The molecule has 7 nitrogen and oxygen atoms in total. The first-order valence-corrected chi connectivity index (χ1v) is 9.58. The van der Waals surface area contributed by atoms with Crippen LogP contribution < -0.4 is 5.32 Å². The van der Waals surface area contributed by atoms with Gasteiger partial charge in [0.15, 0.2) is 5.78 Å². The summed E-state index contributed by atoms with van der Waals surface area (Å²) in [6.45, 7) is 5.32. The number of Topliss-reactive ketones (excluding diaryl/α,β-unsaturated/α-hetero) is 1. The molecule has 0 aliphatic carbocycles. The van der Waals surface area contributed by atoms with Gasteiger partial charge in [0.2, 0.25) is 11.1 Å². The number of ketones is 1. The Kier molecular flexibility index (Phi) is 5.85. The molecule has 0 radical (unpaired) electrons. The third-order valence-corrected chi connectivity index (χ3v) is 4.88. The Labute approximate surface area is 161 Å². The summed E-state index contributed by atoms with van der Waals surface area (Å²) < 4.78 is 1.65. The van der Waals surface area contributed by atoms with Gasteiger partial charge in [0.1, 0.15) is 0 Å². The van der Waals surface area contributed by atoms with Crippen LogP contribution in [0, 0.1) is 13.8 Å². The van der Waals surface area contributed by atoms with Gasteiger partial charge in [-0.05, 0) is 38.8 Å². The highest BCUT2D eigenvalue weighted by atomic mass is 32.2. The number of thioether (sulfide) groups is 1. The molecular weight excluding hydrogens is 362 g/mol. The lowest BCUT2D eigenvalue weighted by atomic mass is 10.0. The molecule has 0 unspecified atom stereocenters. The summed E-state index contributed by atoms with van der Waals surface area (Å²) in [7, 11) is 0. The number of carbonyl (C=O) groups is 2. The predicted molar refractivity (Wildman–Crippen MR) is 104 cm³/mol. The lowest BCUT2D eigenvalue weighted by Crippen LogP contribution is -2.42. The van der Waals surface area contributed by atoms with Crippen LogP contribution in [-0.2, 0) is 16.0 Å². The average Bonchev–Trinajstić information content (AvgIpc) is 3.03. The first kappa shape index (κ1) is 19.0. The van der Waals surface area contributed by atoms with Gasteiger partial charge in [-0.1, -0.05) is 42.1 Å². The molecule has 0 fully saturated rings. The van der Waals surface area contributed by atoms with Crippen LogP contribution in [0.4, 0.5) is 0 Å². The zero-order chi connectivity index (χ0) is 19.4. The fourth-order valence-corrected chi connectivity index (χ4v) is 3.35. The van der Waals surface area contributed by atoms with Crippen LogP contribution in [0.3, 0.4) is 0 Å². The lowest BCUT2D eigenvalue weighted by molar-refractivity contribution is -0.125. The second-order valence-electron chi connectivity index (χ2n) is 6.35. The van der Waals surface area contributed by atoms with Crippen LogP contribution in [0.2, 0.25) is 0 Å². The molecule has 3 rings (SSSR count). The summed E-state index contributed by atoms with van der Waals surface area (Å²) in [4.78, 5) is 32.9. The molecule has 1 amide bonds. The van der Waals surface area contributed by atoms with Crippen molar-refractivity contribution in [2.24, 2.45) is 0 Å². The molecule has 1 aromatic carbocycles. The molecule has 8 heteroatoms. The summed E-state index contributed by atoms with van der Waals surface area (Å²) >= 11 is 1.22. The van der Waals surface area contributed by atoms with E-state index in [1.807, 2.05) is 50.2 Å². The number of nitrogens with zero attached hydrogens (tertiary/aromatic N) is 4. The minimum Gasteiger partial charge on any atom is -0.345 e. The third kappa shape index (κ3) is 4.91. The number of fused-ring (bicyclic) bond motifs is 1. The molecule has 27 heavy (non-hydrogen) atoms. The molecule has 0 aliphatic heterocycles. The van der Waals surface area contributed by atoms with Gasteiger partial charge in [0.25, 0.3) is 5.78 Å². The first-order valence-electron chi connectivity index (χ1n) is 8.60. The monoisotopic (exact) mass is 383 g/mol. The van der Waals surface area contributed by atoms with Crippen molar-refractivity contribution in [2.75, 3.05) is 5.75 Å². The molecule has 0 bridgehead atoms. The Morgan fingerprint density at radius 1 is 1.19 bits per heavy atom. The molecule has 1 atom stereocenters. The Bertz CT molecular complexity index is 971. The normalized spacial score (nSPS) is 12.1. The van der Waals surface area contributed by atoms with Crippen molar-refractivity contribution >= 4 is 29.2 Å². The Morgan fingerprint density at radius 3 is 2.63 bits per heavy atom. The zero-order valence-corrected chi connectivity index (χ0v) is 16.3. The van der Waals surface area contributed by atoms with E-state index in [1.54, 1.807) is 4.52 Å². The summed E-state index contributed by atoms with van der Waals surface area (Å²) in [5.41, 5.74) is 2.80. The molecule has 0 aliphatic rings. The number of aromatic nitrogens is 4. The minimum atomic E-state index is -0.541. The van der Waals surface area contributed by atoms with Gasteiger partial charge in [0, 0.05) is 11.4 Å². The van der Waals surface area contributed by atoms with E-state index in [-0.39, 0.29) is 17.4 Å². The lowest BCUT2D eigenvalue weighted by Gasteiger charge is -2.15. The highest BCUT2D eigenvalue weighted by Crippen LogP contribution is 2.15. The van der Waals surface area contributed by atoms with E-state index in [0.717, 1.165) is 17.0 Å². The molecule has 3 aromatic rings. The van der Waals surface area contributed by atoms with Crippen LogP contribution in [-0.4, -0.2) is 43.1 Å². The molecular formula is C19H21N5O2S. The van der Waals surface area contributed by atoms with E-state index in [4.69, 9.17) is 0 Å². The number of hydrogen-bond acceptors (Lipinski definition) is 6. The van der Waals surface area contributed by atoms with Crippen molar-refractivity contribution < 1.29 is 9.59 Å². The third-order valence-electron chi connectivity index (χ3n) is 4.04. The maximum atomic E-state index is 12.3. The number of rotatable bonds is 7. The average molecular weight is 383 g/mol. The van der Waals surface area contributed by atoms with Crippen LogP contribution in [0.15, 0.2) is 41.6 Å². The Hall–Kier alpha value is -2.74. The fourth-order valence-electron chi connectivity index (χ4n) is 2.72. The second kappa shape index (κ2) is 8.30. The van der Waals surface area contributed by atoms with Gasteiger partial charge >= 0.3 is 0 Å². The summed E-state index contributed by atoms with van der Waals surface area (Å²) in [5, 5.41) is 7.65. The highest BCUT2D eigenvalue weighted by Gasteiger charge is 2.18. The van der Waals surface area contributed by atoms with Crippen LogP contribution in [0.5, 0.6) is 0 Å². The van der Waals surface area contributed by atoms with Gasteiger partial charge in [0.05, 0.1) is 11.8 Å². The summed E-state index contributed by atoms with van der Waals surface area (Å²) in [6, 6.07) is 11.0.